The molecular formula is C27H32N6. The summed E-state index contributed by atoms with van der Waals surface area (Å²) < 4.78 is 0. The van der Waals surface area contributed by atoms with E-state index in [1.807, 2.05) is 50.6 Å². The first-order valence-corrected chi connectivity index (χ1v) is 11.2. The van der Waals surface area contributed by atoms with Gasteiger partial charge in [-0.05, 0) is 66.5 Å². The van der Waals surface area contributed by atoms with Gasteiger partial charge in [0.1, 0.15) is 5.82 Å². The maximum absolute atomic E-state index is 4.49. The van der Waals surface area contributed by atoms with Crippen molar-refractivity contribution in [2.45, 2.75) is 13.0 Å². The van der Waals surface area contributed by atoms with Crippen molar-refractivity contribution in [3.8, 4) is 11.1 Å². The van der Waals surface area contributed by atoms with Crippen molar-refractivity contribution in [2.75, 3.05) is 49.8 Å². The molecule has 4 rings (SSSR count). The van der Waals surface area contributed by atoms with Crippen molar-refractivity contribution in [3.05, 3.63) is 85.0 Å². The minimum atomic E-state index is 0.729. The number of hydrogen-bond acceptors (Lipinski definition) is 6. The van der Waals surface area contributed by atoms with Crippen LogP contribution in [0, 0.1) is 0 Å². The Balaban J connectivity index is 1.55. The van der Waals surface area contributed by atoms with E-state index in [9.17, 15) is 0 Å². The largest absolute Gasteiger partial charge is 0.388 e. The van der Waals surface area contributed by atoms with E-state index in [1.54, 1.807) is 6.20 Å². The number of pyridine rings is 2. The van der Waals surface area contributed by atoms with Gasteiger partial charge in [0.25, 0.3) is 0 Å². The first-order chi connectivity index (χ1) is 15.9. The van der Waals surface area contributed by atoms with Crippen LogP contribution in [-0.2, 0) is 6.54 Å². The molecule has 0 unspecified atom stereocenters. The second-order valence-corrected chi connectivity index (χ2v) is 8.60. The summed E-state index contributed by atoms with van der Waals surface area (Å²) >= 11 is 0. The molecule has 0 aliphatic carbocycles. The van der Waals surface area contributed by atoms with Crippen LogP contribution < -0.4 is 15.5 Å². The Labute approximate surface area is 196 Å². The van der Waals surface area contributed by atoms with Gasteiger partial charge < -0.3 is 15.5 Å². The first kappa shape index (κ1) is 22.6. The summed E-state index contributed by atoms with van der Waals surface area (Å²) in [4.78, 5) is 13.4. The van der Waals surface area contributed by atoms with Gasteiger partial charge in [-0.25, -0.2) is 4.98 Å². The van der Waals surface area contributed by atoms with Crippen LogP contribution in [0.15, 0.2) is 73.8 Å². The van der Waals surface area contributed by atoms with Gasteiger partial charge in [0.05, 0.1) is 11.9 Å². The molecule has 2 aromatic heterocycles. The molecule has 1 aliphatic heterocycles. The van der Waals surface area contributed by atoms with E-state index in [2.05, 4.69) is 62.9 Å². The molecule has 6 heteroatoms. The predicted octanol–water partition coefficient (Wildman–Crippen LogP) is 5.10. The number of benzene rings is 1. The second-order valence-electron chi connectivity index (χ2n) is 8.60. The molecule has 33 heavy (non-hydrogen) atoms. The molecule has 3 heterocycles. The third-order valence-electron chi connectivity index (χ3n) is 5.96. The monoisotopic (exact) mass is 440 g/mol. The van der Waals surface area contributed by atoms with Gasteiger partial charge in [-0.2, -0.15) is 0 Å². The lowest BCUT2D eigenvalue weighted by molar-refractivity contribution is 0.172. The van der Waals surface area contributed by atoms with Crippen molar-refractivity contribution < 1.29 is 0 Å². The molecule has 3 aromatic rings. The number of likely N-dealkylation sites (tertiary alicyclic amines) is 1. The van der Waals surface area contributed by atoms with E-state index >= 15 is 0 Å². The van der Waals surface area contributed by atoms with Crippen molar-refractivity contribution in [1.82, 2.24) is 14.9 Å². The van der Waals surface area contributed by atoms with Crippen molar-refractivity contribution >= 4 is 22.8 Å². The Kier molecular flexibility index (Phi) is 6.75. The van der Waals surface area contributed by atoms with Gasteiger partial charge in [0, 0.05) is 62.6 Å². The molecule has 170 valence electrons. The quantitative estimate of drug-likeness (QED) is 0.452. The van der Waals surface area contributed by atoms with Gasteiger partial charge in [-0.1, -0.05) is 19.2 Å². The fraction of sp³-hybridized carbons (Fsp3) is 0.259. The summed E-state index contributed by atoms with van der Waals surface area (Å²) in [5.74, 6) is 0.903. The molecule has 0 saturated carbocycles. The van der Waals surface area contributed by atoms with Gasteiger partial charge in [-0.3, -0.25) is 9.88 Å². The number of allylic oxidation sites excluding steroid dienone is 1. The molecule has 0 amide bonds. The Morgan fingerprint density at radius 2 is 1.85 bits per heavy atom. The Bertz CT molecular complexity index is 1150. The highest BCUT2D eigenvalue weighted by molar-refractivity contribution is 5.88. The zero-order valence-electron chi connectivity index (χ0n) is 19.7. The van der Waals surface area contributed by atoms with Crippen LogP contribution in [-0.4, -0.2) is 49.1 Å². The molecule has 6 nitrogen and oxygen atoms in total. The predicted molar refractivity (Wildman–Crippen MR) is 139 cm³/mol. The van der Waals surface area contributed by atoms with Gasteiger partial charge in [0.15, 0.2) is 0 Å². The third-order valence-corrected chi connectivity index (χ3v) is 5.96. The van der Waals surface area contributed by atoms with E-state index in [-0.39, 0.29) is 0 Å². The summed E-state index contributed by atoms with van der Waals surface area (Å²) in [6, 6.07) is 12.5. The number of anilines is 3. The maximum atomic E-state index is 4.49. The average Bonchev–Trinajstić information content (AvgIpc) is 2.81. The van der Waals surface area contributed by atoms with E-state index in [0.717, 1.165) is 51.7 Å². The van der Waals surface area contributed by atoms with E-state index in [0.29, 0.717) is 0 Å². The number of nitrogens with one attached hydrogen (secondary N) is 2. The topological polar surface area (TPSA) is 56.3 Å². The Morgan fingerprint density at radius 3 is 2.48 bits per heavy atom. The normalized spacial score (nSPS) is 13.2. The molecule has 1 fully saturated rings. The fourth-order valence-electron chi connectivity index (χ4n) is 3.86. The summed E-state index contributed by atoms with van der Waals surface area (Å²) in [5, 5.41) is 6.62. The number of hydrogen-bond donors (Lipinski definition) is 2. The van der Waals surface area contributed by atoms with Crippen LogP contribution in [0.5, 0.6) is 0 Å². The fourth-order valence-corrected chi connectivity index (χ4v) is 3.86. The maximum Gasteiger partial charge on any atom is 0.128 e. The lowest BCUT2D eigenvalue weighted by atomic mass is 9.96. The van der Waals surface area contributed by atoms with Crippen LogP contribution in [0.1, 0.15) is 17.5 Å². The number of nitrogens with zero attached hydrogens (tertiary/aromatic N) is 4. The summed E-state index contributed by atoms with van der Waals surface area (Å²) in [6.45, 7) is 11.9. The molecular weight excluding hydrogens is 408 g/mol. The second kappa shape index (κ2) is 9.88. The van der Waals surface area contributed by atoms with Crippen molar-refractivity contribution in [1.29, 1.82) is 0 Å². The SMILES string of the molecule is C=C(Nc1ccc(N(C)C)nc1)C(=C)c1cc(-c2cncc(CN3CCC3)c2)ccc1NC. The molecule has 0 atom stereocenters. The number of aromatic nitrogens is 2. The van der Waals surface area contributed by atoms with Gasteiger partial charge in [0.2, 0.25) is 0 Å². The highest BCUT2D eigenvalue weighted by Crippen LogP contribution is 2.32. The molecule has 1 saturated heterocycles. The average molecular weight is 441 g/mol. The summed E-state index contributed by atoms with van der Waals surface area (Å²) in [5.41, 5.74) is 7.87. The van der Waals surface area contributed by atoms with Crippen LogP contribution in [0.25, 0.3) is 16.7 Å². The van der Waals surface area contributed by atoms with Crippen LogP contribution in [0.3, 0.4) is 0 Å². The summed E-state index contributed by atoms with van der Waals surface area (Å²) in [7, 11) is 5.86. The van der Waals surface area contributed by atoms with Crippen LogP contribution >= 0.6 is 0 Å². The zero-order chi connectivity index (χ0) is 23.4. The standard InChI is InChI=1S/C27H32N6/c1-19(20(2)31-24-8-10-27(30-17-24)32(4)5)25-14-22(7-9-26(25)28-3)23-13-21(15-29-16-23)18-33-11-6-12-33/h7-10,13-17,28,31H,1-2,6,11-12,18H2,3-5H3. The smallest absolute Gasteiger partial charge is 0.128 e. The van der Waals surface area contributed by atoms with Crippen LogP contribution in [0.4, 0.5) is 17.2 Å². The highest BCUT2D eigenvalue weighted by atomic mass is 15.2. The van der Waals surface area contributed by atoms with Gasteiger partial charge in [-0.15, -0.1) is 0 Å². The third kappa shape index (κ3) is 5.23. The lowest BCUT2D eigenvalue weighted by Crippen LogP contribution is -2.36. The molecule has 0 bridgehead atoms. The van der Waals surface area contributed by atoms with E-state index in [1.165, 1.54) is 25.1 Å². The molecule has 1 aliphatic rings. The van der Waals surface area contributed by atoms with E-state index < -0.39 is 0 Å². The first-order valence-electron chi connectivity index (χ1n) is 11.2. The summed E-state index contributed by atoms with van der Waals surface area (Å²) in [6.07, 6.45) is 6.98. The minimum absolute atomic E-state index is 0.729. The van der Waals surface area contributed by atoms with Crippen molar-refractivity contribution in [2.24, 2.45) is 0 Å². The Hall–Kier alpha value is -3.64. The van der Waals surface area contributed by atoms with E-state index in [4.69, 9.17) is 0 Å². The molecule has 0 spiro atoms. The lowest BCUT2D eigenvalue weighted by Gasteiger charge is -2.30. The molecule has 1 aromatic carbocycles. The van der Waals surface area contributed by atoms with Crippen LogP contribution in [0.2, 0.25) is 0 Å². The molecule has 0 radical (unpaired) electrons. The Morgan fingerprint density at radius 1 is 1.03 bits per heavy atom. The van der Waals surface area contributed by atoms with Crippen molar-refractivity contribution in [3.63, 3.8) is 0 Å². The highest BCUT2D eigenvalue weighted by Gasteiger charge is 2.15. The zero-order valence-corrected chi connectivity index (χ0v) is 19.7. The molecule has 2 N–H and O–H groups in total. The van der Waals surface area contributed by atoms with Gasteiger partial charge >= 0.3 is 0 Å². The number of rotatable bonds is 9. The minimum Gasteiger partial charge on any atom is -0.388 e.